The van der Waals surface area contributed by atoms with Crippen LogP contribution in [0.4, 0.5) is 0 Å². The number of allylic oxidation sites excluding steroid dienone is 2. The second-order valence-corrected chi connectivity index (χ2v) is 6.99. The molecule has 3 heteroatoms. The first kappa shape index (κ1) is 15.9. The summed E-state index contributed by atoms with van der Waals surface area (Å²) in [6.07, 6.45) is 2.83. The molecule has 0 saturated carbocycles. The van der Waals surface area contributed by atoms with Gasteiger partial charge in [-0.15, -0.1) is 0 Å². The van der Waals surface area contributed by atoms with Crippen LogP contribution in [-0.2, 0) is 16.0 Å². The number of hydrogen-bond donors (Lipinski definition) is 1. The maximum Gasteiger partial charge on any atom is 0.314 e. The van der Waals surface area contributed by atoms with Crippen molar-refractivity contribution in [2.75, 3.05) is 13.7 Å². The molecule has 0 amide bonds. The highest BCUT2D eigenvalue weighted by molar-refractivity contribution is 5.81. The number of fused-ring (bicyclic) bond motifs is 2. The zero-order valence-electron chi connectivity index (χ0n) is 14.7. The lowest BCUT2D eigenvalue weighted by Crippen LogP contribution is -2.46. The Kier molecular flexibility index (Phi) is 3.87. The third-order valence-electron chi connectivity index (χ3n) is 5.83. The largest absolute Gasteiger partial charge is 0.469 e. The van der Waals surface area contributed by atoms with Crippen molar-refractivity contribution < 1.29 is 9.53 Å². The van der Waals surface area contributed by atoms with E-state index in [0.717, 1.165) is 5.70 Å². The number of esters is 1. The number of carbonyl (C=O) groups excluding carboxylic acids is 1. The number of carbonyl (C=O) groups is 1. The average Bonchev–Trinajstić information content (AvgIpc) is 3.05. The highest BCUT2D eigenvalue weighted by Crippen LogP contribution is 2.55. The Bertz CT molecular complexity index is 827. The van der Waals surface area contributed by atoms with E-state index < -0.39 is 5.41 Å². The van der Waals surface area contributed by atoms with Gasteiger partial charge in [0.05, 0.1) is 12.5 Å². The second-order valence-electron chi connectivity index (χ2n) is 6.99. The third kappa shape index (κ3) is 2.30. The molecule has 3 atom stereocenters. The molecular formula is C22H23NO2. The second kappa shape index (κ2) is 6.07. The maximum atomic E-state index is 12.9. The summed E-state index contributed by atoms with van der Waals surface area (Å²) in [5.74, 6) is 0.103. The lowest BCUT2D eigenvalue weighted by Gasteiger charge is -2.42. The summed E-state index contributed by atoms with van der Waals surface area (Å²) in [4.78, 5) is 12.9. The van der Waals surface area contributed by atoms with Crippen LogP contribution in [-0.4, -0.2) is 19.6 Å². The summed E-state index contributed by atoms with van der Waals surface area (Å²) < 4.78 is 5.28. The van der Waals surface area contributed by atoms with Crippen molar-refractivity contribution in [1.82, 2.24) is 5.32 Å². The van der Waals surface area contributed by atoms with Gasteiger partial charge in [0.25, 0.3) is 0 Å². The van der Waals surface area contributed by atoms with E-state index in [1.54, 1.807) is 0 Å². The molecule has 4 rings (SSSR count). The van der Waals surface area contributed by atoms with Gasteiger partial charge in [-0.25, -0.2) is 0 Å². The van der Waals surface area contributed by atoms with Crippen molar-refractivity contribution in [2.45, 2.75) is 19.3 Å². The standard InChI is InChI=1S/C22H23NO2/c1-3-18-20-19(15-9-5-4-6-10-15)17-12-8-7-11-16(17)13-22(20,14-23-18)21(24)25-2/h3-12,19-20,23H,13-14H2,1-2H3. The Balaban J connectivity index is 1.98. The first-order valence-corrected chi connectivity index (χ1v) is 8.82. The van der Waals surface area contributed by atoms with Crippen LogP contribution in [0, 0.1) is 11.3 Å². The highest BCUT2D eigenvalue weighted by atomic mass is 16.5. The van der Waals surface area contributed by atoms with Gasteiger partial charge in [-0.2, -0.15) is 0 Å². The smallest absolute Gasteiger partial charge is 0.314 e. The van der Waals surface area contributed by atoms with Crippen LogP contribution in [0.25, 0.3) is 0 Å². The van der Waals surface area contributed by atoms with Crippen molar-refractivity contribution in [3.63, 3.8) is 0 Å². The van der Waals surface area contributed by atoms with E-state index >= 15 is 0 Å². The molecule has 1 aliphatic heterocycles. The van der Waals surface area contributed by atoms with Gasteiger partial charge in [0.15, 0.2) is 0 Å². The maximum absolute atomic E-state index is 12.9. The molecule has 2 aromatic rings. The Morgan fingerprint density at radius 3 is 2.60 bits per heavy atom. The summed E-state index contributed by atoms with van der Waals surface area (Å²) in [6, 6.07) is 19.0. The molecule has 1 fully saturated rings. The molecule has 0 radical (unpaired) electrons. The normalized spacial score (nSPS) is 28.8. The van der Waals surface area contributed by atoms with E-state index in [4.69, 9.17) is 4.74 Å². The predicted octanol–water partition coefficient (Wildman–Crippen LogP) is 3.66. The van der Waals surface area contributed by atoms with Gasteiger partial charge in [-0.1, -0.05) is 60.7 Å². The molecule has 1 heterocycles. The summed E-state index contributed by atoms with van der Waals surface area (Å²) in [5.41, 5.74) is 4.41. The molecule has 128 valence electrons. The molecule has 1 N–H and O–H groups in total. The van der Waals surface area contributed by atoms with Crippen LogP contribution < -0.4 is 5.32 Å². The molecule has 3 unspecified atom stereocenters. The van der Waals surface area contributed by atoms with E-state index in [2.05, 4.69) is 59.9 Å². The Hall–Kier alpha value is -2.55. The van der Waals surface area contributed by atoms with Gasteiger partial charge in [0.2, 0.25) is 0 Å². The molecule has 1 saturated heterocycles. The number of nitrogens with one attached hydrogen (secondary N) is 1. The van der Waals surface area contributed by atoms with Gasteiger partial charge in [0.1, 0.15) is 0 Å². The average molecular weight is 333 g/mol. The number of hydrogen-bond acceptors (Lipinski definition) is 3. The lowest BCUT2D eigenvalue weighted by atomic mass is 9.59. The summed E-state index contributed by atoms with van der Waals surface area (Å²) in [5, 5.41) is 3.50. The minimum absolute atomic E-state index is 0.0715. The SMILES string of the molecule is CC=C1NCC2(C(=O)OC)Cc3ccccc3C(c3ccccc3)C12. The van der Waals surface area contributed by atoms with Gasteiger partial charge in [0, 0.05) is 24.1 Å². The molecule has 1 aliphatic carbocycles. The van der Waals surface area contributed by atoms with Gasteiger partial charge in [-0.05, 0) is 30.0 Å². The fourth-order valence-corrected chi connectivity index (χ4v) is 4.75. The molecule has 3 nitrogen and oxygen atoms in total. The zero-order valence-corrected chi connectivity index (χ0v) is 14.7. The van der Waals surface area contributed by atoms with Crippen molar-refractivity contribution in [3.05, 3.63) is 83.1 Å². The zero-order chi connectivity index (χ0) is 17.4. The van der Waals surface area contributed by atoms with Crippen LogP contribution in [0.2, 0.25) is 0 Å². The Morgan fingerprint density at radius 1 is 1.16 bits per heavy atom. The monoisotopic (exact) mass is 333 g/mol. The topological polar surface area (TPSA) is 38.3 Å². The number of methoxy groups -OCH3 is 1. The molecule has 2 aliphatic rings. The Labute approximate surface area is 148 Å². The van der Waals surface area contributed by atoms with Crippen molar-refractivity contribution in [3.8, 4) is 0 Å². The number of rotatable bonds is 2. The van der Waals surface area contributed by atoms with E-state index in [1.807, 2.05) is 13.0 Å². The Morgan fingerprint density at radius 2 is 1.88 bits per heavy atom. The molecule has 0 spiro atoms. The predicted molar refractivity (Wildman–Crippen MR) is 98.1 cm³/mol. The third-order valence-corrected chi connectivity index (χ3v) is 5.83. The highest BCUT2D eigenvalue weighted by Gasteiger charge is 2.58. The van der Waals surface area contributed by atoms with E-state index in [1.165, 1.54) is 23.8 Å². The minimum Gasteiger partial charge on any atom is -0.469 e. The van der Waals surface area contributed by atoms with Crippen LogP contribution >= 0.6 is 0 Å². The van der Waals surface area contributed by atoms with Gasteiger partial charge < -0.3 is 10.1 Å². The van der Waals surface area contributed by atoms with Crippen molar-refractivity contribution >= 4 is 5.97 Å². The summed E-state index contributed by atoms with van der Waals surface area (Å²) in [6.45, 7) is 2.67. The van der Waals surface area contributed by atoms with E-state index in [0.29, 0.717) is 13.0 Å². The quantitative estimate of drug-likeness (QED) is 0.853. The fraction of sp³-hybridized carbons (Fsp3) is 0.318. The van der Waals surface area contributed by atoms with Crippen LogP contribution in [0.5, 0.6) is 0 Å². The van der Waals surface area contributed by atoms with Crippen molar-refractivity contribution in [2.24, 2.45) is 11.3 Å². The van der Waals surface area contributed by atoms with Gasteiger partial charge >= 0.3 is 5.97 Å². The summed E-state index contributed by atoms with van der Waals surface area (Å²) in [7, 11) is 1.50. The molecular weight excluding hydrogens is 310 g/mol. The van der Waals surface area contributed by atoms with Crippen LogP contribution in [0.3, 0.4) is 0 Å². The number of benzene rings is 2. The van der Waals surface area contributed by atoms with E-state index in [9.17, 15) is 4.79 Å². The van der Waals surface area contributed by atoms with E-state index in [-0.39, 0.29) is 17.8 Å². The van der Waals surface area contributed by atoms with Crippen LogP contribution in [0.1, 0.15) is 29.5 Å². The fourth-order valence-electron chi connectivity index (χ4n) is 4.75. The molecule has 0 bridgehead atoms. The van der Waals surface area contributed by atoms with Crippen molar-refractivity contribution in [1.29, 1.82) is 0 Å². The van der Waals surface area contributed by atoms with Crippen LogP contribution in [0.15, 0.2) is 66.4 Å². The molecule has 25 heavy (non-hydrogen) atoms. The molecule has 0 aromatic heterocycles. The molecule has 2 aromatic carbocycles. The summed E-state index contributed by atoms with van der Waals surface area (Å²) >= 11 is 0. The number of ether oxygens (including phenoxy) is 1. The lowest BCUT2D eigenvalue weighted by molar-refractivity contribution is -0.154. The minimum atomic E-state index is -0.550. The first-order valence-electron chi connectivity index (χ1n) is 8.82. The van der Waals surface area contributed by atoms with Gasteiger partial charge in [-0.3, -0.25) is 4.79 Å². The first-order chi connectivity index (χ1) is 12.2.